The van der Waals surface area contributed by atoms with Crippen molar-refractivity contribution in [1.82, 2.24) is 0 Å². The van der Waals surface area contributed by atoms with Gasteiger partial charge in [-0.3, -0.25) is 0 Å². The molecular weight excluding hydrogens is 458 g/mol. The molecule has 0 aliphatic heterocycles. The number of hydrogen-bond acceptors (Lipinski definition) is 1. The number of hydrogen-bond donors (Lipinski definition) is 0. The van der Waals surface area contributed by atoms with Crippen LogP contribution in [0.3, 0.4) is 0 Å². The molecular formula is C21H34Cl2OSiZr. The summed E-state index contributed by atoms with van der Waals surface area (Å²) >= 11 is 0. The van der Waals surface area contributed by atoms with Gasteiger partial charge < -0.3 is 29.2 Å². The zero-order chi connectivity index (χ0) is 16.8. The molecule has 2 aliphatic rings. The molecule has 0 unspecified atom stereocenters. The van der Waals surface area contributed by atoms with Crippen molar-refractivity contribution in [2.45, 2.75) is 71.5 Å². The first-order chi connectivity index (χ1) is 11.2. The van der Waals surface area contributed by atoms with Crippen molar-refractivity contribution in [2.75, 3.05) is 6.61 Å². The predicted molar refractivity (Wildman–Crippen MR) is 104 cm³/mol. The quantitative estimate of drug-likeness (QED) is 0.406. The van der Waals surface area contributed by atoms with Gasteiger partial charge in [0.2, 0.25) is 0 Å². The van der Waals surface area contributed by atoms with E-state index in [-0.39, 0.29) is 56.4 Å². The maximum atomic E-state index is 6.60. The second-order valence-corrected chi connectivity index (χ2v) is 11.7. The van der Waals surface area contributed by atoms with Crippen LogP contribution in [0.4, 0.5) is 0 Å². The van der Waals surface area contributed by atoms with E-state index in [4.69, 9.17) is 4.43 Å². The van der Waals surface area contributed by atoms with Gasteiger partial charge in [0.1, 0.15) is 0 Å². The Morgan fingerprint density at radius 2 is 1.35 bits per heavy atom. The normalized spacial score (nSPS) is 15.7. The fraction of sp³-hybridized carbons (Fsp3) is 0.619. The van der Waals surface area contributed by atoms with Crippen molar-refractivity contribution in [1.29, 1.82) is 0 Å². The average molecular weight is 493 g/mol. The minimum Gasteiger partial charge on any atom is -1.00 e. The van der Waals surface area contributed by atoms with E-state index in [1.54, 1.807) is 11.1 Å². The Balaban J connectivity index is 0. The van der Waals surface area contributed by atoms with Crippen LogP contribution in [-0.4, -0.2) is 14.9 Å². The average Bonchev–Trinajstić information content (AvgIpc) is 3.30. The van der Waals surface area contributed by atoms with Crippen molar-refractivity contribution < 1.29 is 55.4 Å². The summed E-state index contributed by atoms with van der Waals surface area (Å²) in [5, 5.41) is 0. The van der Waals surface area contributed by atoms with E-state index in [1.165, 1.54) is 24.6 Å². The van der Waals surface area contributed by atoms with Gasteiger partial charge in [0.15, 0.2) is 8.32 Å². The summed E-state index contributed by atoms with van der Waals surface area (Å²) in [5.41, 5.74) is 3.40. The molecule has 0 bridgehead atoms. The van der Waals surface area contributed by atoms with Crippen LogP contribution in [-0.2, 0) is 30.6 Å². The van der Waals surface area contributed by atoms with Gasteiger partial charge in [-0.25, -0.2) is 0 Å². The Morgan fingerprint density at radius 3 is 1.65 bits per heavy atom. The molecule has 0 saturated carbocycles. The monoisotopic (exact) mass is 490 g/mol. The Labute approximate surface area is 193 Å². The van der Waals surface area contributed by atoms with Gasteiger partial charge in [-0.1, -0.05) is 75.3 Å². The maximum absolute atomic E-state index is 6.60. The summed E-state index contributed by atoms with van der Waals surface area (Å²) in [7, 11) is -1.48. The second kappa shape index (κ2) is 13.7. The number of allylic oxidation sites excluding steroid dienone is 8. The molecule has 2 aliphatic carbocycles. The molecule has 0 aromatic heterocycles. The van der Waals surface area contributed by atoms with Crippen LogP contribution >= 0.6 is 0 Å². The van der Waals surface area contributed by atoms with E-state index >= 15 is 0 Å². The fourth-order valence-electron chi connectivity index (χ4n) is 4.26. The van der Waals surface area contributed by atoms with Crippen LogP contribution in [0.1, 0.15) is 53.4 Å². The van der Waals surface area contributed by atoms with Gasteiger partial charge in [0.25, 0.3) is 0 Å². The van der Waals surface area contributed by atoms with Crippen molar-refractivity contribution in [2.24, 2.45) is 5.41 Å². The van der Waals surface area contributed by atoms with E-state index in [1.807, 2.05) is 0 Å². The topological polar surface area (TPSA) is 9.23 Å². The molecule has 1 nitrogen and oxygen atoms in total. The van der Waals surface area contributed by atoms with Crippen LogP contribution in [0, 0.1) is 5.41 Å². The predicted octanol–water partition coefficient (Wildman–Crippen LogP) is 0.573. The molecule has 0 heterocycles. The van der Waals surface area contributed by atoms with E-state index < -0.39 is 8.32 Å². The van der Waals surface area contributed by atoms with Gasteiger partial charge in [0.05, 0.1) is 0 Å². The zero-order valence-electron chi connectivity index (χ0n) is 16.8. The molecule has 0 saturated heterocycles. The van der Waals surface area contributed by atoms with E-state index in [0.29, 0.717) is 0 Å². The zero-order valence-corrected chi connectivity index (χ0v) is 21.8. The molecule has 0 spiro atoms. The first-order valence-corrected chi connectivity index (χ1v) is 12.1. The Morgan fingerprint density at radius 1 is 0.885 bits per heavy atom. The van der Waals surface area contributed by atoms with Crippen LogP contribution in [0.5, 0.6) is 0 Å². The molecule has 0 amide bonds. The number of halogens is 2. The molecule has 5 heteroatoms. The van der Waals surface area contributed by atoms with Crippen LogP contribution in [0.15, 0.2) is 47.6 Å². The summed E-state index contributed by atoms with van der Waals surface area (Å²) in [5.74, 6) is 0. The summed E-state index contributed by atoms with van der Waals surface area (Å²) in [4.78, 5) is 0. The molecule has 0 N–H and O–H groups in total. The summed E-state index contributed by atoms with van der Waals surface area (Å²) in [6.07, 6.45) is 18.3. The molecule has 2 rings (SSSR count). The Kier molecular flexibility index (Phi) is 15.2. The molecule has 0 aromatic rings. The molecule has 0 fully saturated rings. The van der Waals surface area contributed by atoms with Gasteiger partial charge in [-0.2, -0.15) is 0 Å². The summed E-state index contributed by atoms with van der Waals surface area (Å²) in [6, 6.07) is 3.73. The summed E-state index contributed by atoms with van der Waals surface area (Å²) in [6.45, 7) is 10.2. The third-order valence-electron chi connectivity index (χ3n) is 6.25. The third-order valence-corrected chi connectivity index (χ3v) is 10.9. The van der Waals surface area contributed by atoms with Crippen molar-refractivity contribution >= 4 is 8.32 Å². The minimum atomic E-state index is -1.48. The minimum absolute atomic E-state index is 0. The Bertz CT molecular complexity index is 484. The van der Waals surface area contributed by atoms with E-state index in [9.17, 15) is 0 Å². The SMILES string of the molecule is CCC(CCO[Si](CC)(CC)CC)(C1=CC=CC1)C1=CC=CC1.[Cl-].[Cl-].[Zr+2]. The number of rotatable bonds is 10. The molecule has 26 heavy (non-hydrogen) atoms. The van der Waals surface area contributed by atoms with Gasteiger partial charge in [0, 0.05) is 12.0 Å². The van der Waals surface area contributed by atoms with Gasteiger partial charge >= 0.3 is 26.2 Å². The standard InChI is InChI=1S/C21H34OSi.2ClH.Zr/c1-5-21(19-13-9-10-14-19,20-15-11-12-16-20)17-18-22-23(6-2,7-3)8-4;;;/h9-13,15H,5-8,14,16-18H2,1-4H3;2*1H;/q;;;+2/p-2. The largest absolute Gasteiger partial charge is 2.00 e. The molecule has 0 atom stereocenters. The van der Waals surface area contributed by atoms with Crippen molar-refractivity contribution in [3.05, 3.63) is 47.6 Å². The summed E-state index contributed by atoms with van der Waals surface area (Å²) < 4.78 is 6.60. The van der Waals surface area contributed by atoms with Crippen molar-refractivity contribution in [3.8, 4) is 0 Å². The third kappa shape index (κ3) is 6.31. The van der Waals surface area contributed by atoms with Crippen LogP contribution < -0.4 is 24.8 Å². The van der Waals surface area contributed by atoms with Crippen LogP contribution in [0.2, 0.25) is 18.1 Å². The first kappa shape index (κ1) is 28.8. The molecule has 146 valence electrons. The second-order valence-electron chi connectivity index (χ2n) is 6.93. The van der Waals surface area contributed by atoms with Gasteiger partial charge in [-0.05, 0) is 43.8 Å². The van der Waals surface area contributed by atoms with Gasteiger partial charge in [-0.15, -0.1) is 0 Å². The maximum Gasteiger partial charge on any atom is 2.00 e. The first-order valence-electron chi connectivity index (χ1n) is 9.52. The Hall–Kier alpha value is 0.600. The molecule has 0 radical (unpaired) electrons. The molecule has 0 aromatic carbocycles. The van der Waals surface area contributed by atoms with E-state index in [0.717, 1.165) is 25.9 Å². The fourth-order valence-corrected chi connectivity index (χ4v) is 6.91. The van der Waals surface area contributed by atoms with Crippen molar-refractivity contribution in [3.63, 3.8) is 0 Å². The smallest absolute Gasteiger partial charge is 1.00 e. The van der Waals surface area contributed by atoms with Crippen LogP contribution in [0.25, 0.3) is 0 Å². The van der Waals surface area contributed by atoms with E-state index in [2.05, 4.69) is 64.2 Å².